The van der Waals surface area contributed by atoms with Crippen LogP contribution in [0.25, 0.3) is 0 Å². The summed E-state index contributed by atoms with van der Waals surface area (Å²) in [5.74, 6) is -0.255. The summed E-state index contributed by atoms with van der Waals surface area (Å²) >= 11 is 6.11. The van der Waals surface area contributed by atoms with Crippen LogP contribution in [-0.4, -0.2) is 63.9 Å². The van der Waals surface area contributed by atoms with Crippen molar-refractivity contribution in [2.24, 2.45) is 11.8 Å². The molecule has 2 aliphatic heterocycles. The number of fused-ring (bicyclic) bond motifs is 1. The van der Waals surface area contributed by atoms with Crippen LogP contribution in [0.4, 0.5) is 4.39 Å². The van der Waals surface area contributed by atoms with Crippen molar-refractivity contribution in [1.82, 2.24) is 24.7 Å². The lowest BCUT2D eigenvalue weighted by molar-refractivity contribution is -0.122. The zero-order valence-electron chi connectivity index (χ0n) is 19.9. The lowest BCUT2D eigenvalue weighted by atomic mass is 10.0. The first kappa shape index (κ1) is 24.5. The Hall–Kier alpha value is -3.23. The van der Waals surface area contributed by atoms with E-state index in [4.69, 9.17) is 11.6 Å². The smallest absolute Gasteiger partial charge is 0.258 e. The maximum atomic E-state index is 14.2. The number of likely N-dealkylation sites (tertiary alicyclic amines) is 2. The summed E-state index contributed by atoms with van der Waals surface area (Å²) in [7, 11) is 0. The van der Waals surface area contributed by atoms with E-state index < -0.39 is 5.82 Å². The number of hydrogen-bond acceptors (Lipinski definition) is 4. The average molecular weight is 510 g/mol. The molecule has 0 bridgehead atoms. The van der Waals surface area contributed by atoms with E-state index in [2.05, 4.69) is 15.2 Å². The van der Waals surface area contributed by atoms with Crippen molar-refractivity contribution in [1.29, 1.82) is 0 Å². The summed E-state index contributed by atoms with van der Waals surface area (Å²) in [5, 5.41) is 3.33. The number of aromatic nitrogens is 2. The normalized spacial score (nSPS) is 20.3. The van der Waals surface area contributed by atoms with Gasteiger partial charge >= 0.3 is 0 Å². The number of halogens is 2. The second kappa shape index (κ2) is 10.8. The molecule has 188 valence electrons. The molecule has 0 radical (unpaired) electrons. The Labute approximate surface area is 214 Å². The number of rotatable bonds is 8. The van der Waals surface area contributed by atoms with Crippen LogP contribution in [0.15, 0.2) is 67.3 Å². The van der Waals surface area contributed by atoms with E-state index in [0.717, 1.165) is 31.6 Å². The Kier molecular flexibility index (Phi) is 7.34. The molecule has 36 heavy (non-hydrogen) atoms. The highest BCUT2D eigenvalue weighted by Gasteiger charge is 2.42. The minimum atomic E-state index is -0.576. The number of benzene rings is 2. The van der Waals surface area contributed by atoms with Crippen LogP contribution >= 0.6 is 11.6 Å². The van der Waals surface area contributed by atoms with Crippen molar-refractivity contribution >= 4 is 23.4 Å². The molecule has 2 saturated heterocycles. The van der Waals surface area contributed by atoms with Crippen LogP contribution in [-0.2, 0) is 11.3 Å². The predicted molar refractivity (Wildman–Crippen MR) is 135 cm³/mol. The number of nitrogens with zero attached hydrogens (tertiary/aromatic N) is 4. The maximum absolute atomic E-state index is 14.2. The average Bonchev–Trinajstić information content (AvgIpc) is 3.59. The van der Waals surface area contributed by atoms with Crippen molar-refractivity contribution in [2.45, 2.75) is 19.0 Å². The van der Waals surface area contributed by atoms with E-state index in [0.29, 0.717) is 24.9 Å². The van der Waals surface area contributed by atoms with Gasteiger partial charge in [-0.25, -0.2) is 9.37 Å². The molecule has 0 spiro atoms. The molecule has 7 nitrogen and oxygen atoms in total. The van der Waals surface area contributed by atoms with Crippen molar-refractivity contribution in [3.8, 4) is 0 Å². The number of carbonyl (C=O) groups excluding carboxylic acids is 2. The summed E-state index contributed by atoms with van der Waals surface area (Å²) in [6.45, 7) is 4.04. The van der Waals surface area contributed by atoms with Gasteiger partial charge in [-0.3, -0.25) is 9.59 Å². The van der Waals surface area contributed by atoms with Gasteiger partial charge < -0.3 is 19.7 Å². The van der Waals surface area contributed by atoms with E-state index >= 15 is 0 Å². The van der Waals surface area contributed by atoms with Crippen molar-refractivity contribution in [3.05, 3.63) is 89.2 Å². The van der Waals surface area contributed by atoms with Gasteiger partial charge in [-0.15, -0.1) is 0 Å². The fraction of sp³-hybridized carbons (Fsp3) is 0.370. The molecule has 3 heterocycles. The zero-order valence-corrected chi connectivity index (χ0v) is 20.6. The molecule has 5 rings (SSSR count). The Bertz CT molecular complexity index is 1170. The van der Waals surface area contributed by atoms with Crippen molar-refractivity contribution in [3.63, 3.8) is 0 Å². The van der Waals surface area contributed by atoms with E-state index in [1.807, 2.05) is 30.3 Å². The number of imidazole rings is 1. The second-order valence-electron chi connectivity index (χ2n) is 9.64. The maximum Gasteiger partial charge on any atom is 0.258 e. The number of carbonyl (C=O) groups is 2. The standard InChI is InChI=1S/C27H29ClFN5O2/c28-22-7-4-8-23(29)26(22)27(36)34-15-20-13-32(14-21(20)16-34)11-9-24(19-5-2-1-3-6-19)31-25(35)17-33-12-10-30-18-33/h1-8,10,12,18,20-21,24H,9,11,13-17H2,(H,31,35). The van der Waals surface area contributed by atoms with Crippen LogP contribution in [0.5, 0.6) is 0 Å². The third-order valence-corrected chi connectivity index (χ3v) is 7.50. The Morgan fingerprint density at radius 2 is 1.81 bits per heavy atom. The molecule has 3 atom stereocenters. The number of amides is 2. The second-order valence-corrected chi connectivity index (χ2v) is 10.0. The fourth-order valence-electron chi connectivity index (χ4n) is 5.40. The largest absolute Gasteiger partial charge is 0.348 e. The fourth-order valence-corrected chi connectivity index (χ4v) is 5.65. The van der Waals surface area contributed by atoms with E-state index in [1.54, 1.807) is 34.3 Å². The van der Waals surface area contributed by atoms with Gasteiger partial charge in [0.1, 0.15) is 12.4 Å². The molecule has 2 aromatic carbocycles. The summed E-state index contributed by atoms with van der Waals surface area (Å²) in [6, 6.07) is 14.3. The quantitative estimate of drug-likeness (QED) is 0.503. The molecule has 1 N–H and O–H groups in total. The first-order valence-corrected chi connectivity index (χ1v) is 12.6. The third kappa shape index (κ3) is 5.44. The summed E-state index contributed by atoms with van der Waals surface area (Å²) < 4.78 is 16.0. The Morgan fingerprint density at radius 3 is 2.47 bits per heavy atom. The topological polar surface area (TPSA) is 70.5 Å². The number of hydrogen-bond donors (Lipinski definition) is 1. The van der Waals surface area contributed by atoms with Crippen molar-refractivity contribution < 1.29 is 14.0 Å². The minimum absolute atomic E-state index is 0.0341. The molecule has 3 aromatic rings. The molecule has 2 amide bonds. The molecule has 2 fully saturated rings. The van der Waals surface area contributed by atoms with Crippen LogP contribution < -0.4 is 5.32 Å². The first-order valence-electron chi connectivity index (χ1n) is 12.2. The predicted octanol–water partition coefficient (Wildman–Crippen LogP) is 3.63. The van der Waals surface area contributed by atoms with E-state index in [9.17, 15) is 14.0 Å². The summed E-state index contributed by atoms with van der Waals surface area (Å²) in [6.07, 6.45) is 5.85. The molecule has 3 unspecified atom stereocenters. The molecular formula is C27H29ClFN5O2. The van der Waals surface area contributed by atoms with Gasteiger partial charge in [0.25, 0.3) is 5.91 Å². The van der Waals surface area contributed by atoms with E-state index in [-0.39, 0.29) is 35.0 Å². The van der Waals surface area contributed by atoms with Crippen molar-refractivity contribution in [2.75, 3.05) is 32.7 Å². The monoisotopic (exact) mass is 509 g/mol. The lowest BCUT2D eigenvalue weighted by Crippen LogP contribution is -2.36. The van der Waals surface area contributed by atoms with Gasteiger partial charge in [0.15, 0.2) is 0 Å². The third-order valence-electron chi connectivity index (χ3n) is 7.18. The van der Waals surface area contributed by atoms with Crippen LogP contribution in [0.3, 0.4) is 0 Å². The highest BCUT2D eigenvalue weighted by molar-refractivity contribution is 6.33. The minimum Gasteiger partial charge on any atom is -0.348 e. The van der Waals surface area contributed by atoms with E-state index in [1.165, 1.54) is 12.1 Å². The van der Waals surface area contributed by atoms with Gasteiger partial charge in [0.2, 0.25) is 5.91 Å². The Morgan fingerprint density at radius 1 is 1.06 bits per heavy atom. The van der Waals surface area contributed by atoms with Crippen LogP contribution in [0, 0.1) is 17.7 Å². The molecular weight excluding hydrogens is 481 g/mol. The van der Waals surface area contributed by atoms with Gasteiger partial charge in [-0.2, -0.15) is 0 Å². The molecule has 2 aliphatic rings. The number of nitrogens with one attached hydrogen (secondary N) is 1. The molecule has 0 saturated carbocycles. The van der Waals surface area contributed by atoms with Gasteiger partial charge in [-0.05, 0) is 36.0 Å². The molecule has 0 aliphatic carbocycles. The van der Waals surface area contributed by atoms with Gasteiger partial charge in [0.05, 0.1) is 23.0 Å². The summed E-state index contributed by atoms with van der Waals surface area (Å²) in [5.41, 5.74) is 1.04. The van der Waals surface area contributed by atoms with Gasteiger partial charge in [0, 0.05) is 45.1 Å². The molecule has 1 aromatic heterocycles. The summed E-state index contributed by atoms with van der Waals surface area (Å²) in [4.78, 5) is 33.7. The van der Waals surface area contributed by atoms with Crippen LogP contribution in [0.2, 0.25) is 5.02 Å². The lowest BCUT2D eigenvalue weighted by Gasteiger charge is -2.25. The van der Waals surface area contributed by atoms with Gasteiger partial charge in [-0.1, -0.05) is 48.0 Å². The highest BCUT2D eigenvalue weighted by Crippen LogP contribution is 2.33. The Balaban J connectivity index is 1.16. The van der Waals surface area contributed by atoms with Crippen LogP contribution in [0.1, 0.15) is 28.4 Å². The zero-order chi connectivity index (χ0) is 25.1. The highest BCUT2D eigenvalue weighted by atomic mass is 35.5. The first-order chi connectivity index (χ1) is 17.5. The molecule has 9 heteroatoms. The SMILES string of the molecule is O=C(Cn1ccnc1)NC(CCN1CC2CN(C(=O)c3c(F)cccc3Cl)CC2C1)c1ccccc1.